The maximum absolute atomic E-state index is 5.29. The van der Waals surface area contributed by atoms with Gasteiger partial charge in [0.15, 0.2) is 5.96 Å². The predicted molar refractivity (Wildman–Crippen MR) is 122 cm³/mol. The van der Waals surface area contributed by atoms with Crippen LogP contribution in [0.5, 0.6) is 0 Å². The first-order chi connectivity index (χ1) is 12.1. The summed E-state index contributed by atoms with van der Waals surface area (Å²) in [7, 11) is 3.64. The Kier molecular flexibility index (Phi) is 10.5. The smallest absolute Gasteiger partial charge is 0.191 e. The molecule has 1 saturated carbocycles. The lowest BCUT2D eigenvalue weighted by Crippen LogP contribution is -2.47. The molecule has 0 heterocycles. The summed E-state index contributed by atoms with van der Waals surface area (Å²) in [6.07, 6.45) is 5.05. The number of halogens is 1. The molecule has 1 fully saturated rings. The molecule has 1 aliphatic rings. The Hall–Kier alpha value is -0.820. The molecule has 1 atom stereocenters. The third-order valence-electron chi connectivity index (χ3n) is 5.63. The first kappa shape index (κ1) is 23.2. The van der Waals surface area contributed by atoms with Gasteiger partial charge in [0, 0.05) is 39.8 Å². The molecule has 0 amide bonds. The average Bonchev–Trinajstić information content (AvgIpc) is 2.59. The van der Waals surface area contributed by atoms with E-state index in [1.165, 1.54) is 24.8 Å². The number of nitrogens with zero attached hydrogens (tertiary/aromatic N) is 1. The van der Waals surface area contributed by atoms with Crippen LogP contribution in [-0.2, 0) is 4.74 Å². The number of methoxy groups -OCH3 is 1. The van der Waals surface area contributed by atoms with E-state index in [9.17, 15) is 0 Å². The van der Waals surface area contributed by atoms with Crippen LogP contribution in [0.2, 0.25) is 0 Å². The Morgan fingerprint density at radius 1 is 1.19 bits per heavy atom. The van der Waals surface area contributed by atoms with Crippen LogP contribution in [0.25, 0.3) is 0 Å². The van der Waals surface area contributed by atoms with Crippen molar-refractivity contribution < 1.29 is 4.74 Å². The van der Waals surface area contributed by atoms with E-state index >= 15 is 0 Å². The van der Waals surface area contributed by atoms with Gasteiger partial charge in [-0.1, -0.05) is 50.6 Å². The molecule has 4 nitrogen and oxygen atoms in total. The van der Waals surface area contributed by atoms with Gasteiger partial charge in [-0.2, -0.15) is 0 Å². The molecule has 2 rings (SSSR count). The van der Waals surface area contributed by atoms with Crippen LogP contribution in [0.3, 0.4) is 0 Å². The maximum Gasteiger partial charge on any atom is 0.191 e. The van der Waals surface area contributed by atoms with Crippen LogP contribution >= 0.6 is 24.0 Å². The fourth-order valence-corrected chi connectivity index (χ4v) is 3.65. The van der Waals surface area contributed by atoms with Gasteiger partial charge in [0.2, 0.25) is 0 Å². The fourth-order valence-electron chi connectivity index (χ4n) is 3.65. The molecule has 0 radical (unpaired) electrons. The van der Waals surface area contributed by atoms with Gasteiger partial charge in [-0.05, 0) is 36.2 Å². The second-order valence-electron chi connectivity index (χ2n) is 7.66. The summed E-state index contributed by atoms with van der Waals surface area (Å²) in [6, 6.07) is 10.8. The highest BCUT2D eigenvalue weighted by atomic mass is 127. The molecule has 2 N–H and O–H groups in total. The summed E-state index contributed by atoms with van der Waals surface area (Å²) in [5, 5.41) is 7.08. The van der Waals surface area contributed by atoms with Gasteiger partial charge >= 0.3 is 0 Å². The van der Waals surface area contributed by atoms with Gasteiger partial charge in [-0.3, -0.25) is 4.99 Å². The summed E-state index contributed by atoms with van der Waals surface area (Å²) in [5.41, 5.74) is 1.78. The van der Waals surface area contributed by atoms with E-state index < -0.39 is 0 Å². The number of benzene rings is 1. The number of hydrogen-bond donors (Lipinski definition) is 2. The Labute approximate surface area is 176 Å². The molecule has 0 spiro atoms. The standard InChI is InChI=1S/C21H35N3O.HI/c1-17(2)19(18-9-6-5-7-10-18)15-23-20(22-3)24-16-21(11-8-12-21)13-14-25-4;/h5-7,9-10,17,19H,8,11-16H2,1-4H3,(H2,22,23,24);1H. The molecular weight excluding hydrogens is 437 g/mol. The van der Waals surface area contributed by atoms with Crippen LogP contribution in [0.15, 0.2) is 35.3 Å². The number of rotatable bonds is 9. The lowest BCUT2D eigenvalue weighted by Gasteiger charge is -2.42. The molecule has 0 aromatic heterocycles. The summed E-state index contributed by atoms with van der Waals surface area (Å²) < 4.78 is 5.29. The van der Waals surface area contributed by atoms with Crippen molar-refractivity contribution in [2.24, 2.45) is 16.3 Å². The highest BCUT2D eigenvalue weighted by molar-refractivity contribution is 14.0. The summed E-state index contributed by atoms with van der Waals surface area (Å²) in [4.78, 5) is 4.42. The monoisotopic (exact) mass is 473 g/mol. The molecule has 1 unspecified atom stereocenters. The van der Waals surface area contributed by atoms with E-state index in [1.54, 1.807) is 7.11 Å². The number of guanidine groups is 1. The number of nitrogens with one attached hydrogen (secondary N) is 2. The van der Waals surface area contributed by atoms with Gasteiger partial charge in [0.25, 0.3) is 0 Å². The zero-order valence-electron chi connectivity index (χ0n) is 16.8. The average molecular weight is 473 g/mol. The van der Waals surface area contributed by atoms with Crippen molar-refractivity contribution in [3.63, 3.8) is 0 Å². The molecule has 1 aromatic carbocycles. The molecule has 1 aromatic rings. The van der Waals surface area contributed by atoms with Gasteiger partial charge in [0.05, 0.1) is 0 Å². The molecule has 148 valence electrons. The zero-order valence-corrected chi connectivity index (χ0v) is 19.1. The Bertz CT molecular complexity index is 529. The van der Waals surface area contributed by atoms with E-state index in [1.807, 2.05) is 7.05 Å². The van der Waals surface area contributed by atoms with Crippen molar-refractivity contribution in [2.75, 3.05) is 33.9 Å². The van der Waals surface area contributed by atoms with E-state index in [0.717, 1.165) is 32.1 Å². The molecule has 0 saturated heterocycles. The first-order valence-corrected chi connectivity index (χ1v) is 9.58. The topological polar surface area (TPSA) is 45.7 Å². The van der Waals surface area contributed by atoms with Gasteiger partial charge in [-0.25, -0.2) is 0 Å². The number of aliphatic imine (C=N–C) groups is 1. The van der Waals surface area contributed by atoms with Gasteiger partial charge in [-0.15, -0.1) is 24.0 Å². The van der Waals surface area contributed by atoms with Crippen molar-refractivity contribution >= 4 is 29.9 Å². The quantitative estimate of drug-likeness (QED) is 0.317. The molecule has 26 heavy (non-hydrogen) atoms. The maximum atomic E-state index is 5.29. The number of ether oxygens (including phenoxy) is 1. The largest absolute Gasteiger partial charge is 0.385 e. The highest BCUT2D eigenvalue weighted by Crippen LogP contribution is 2.43. The Morgan fingerprint density at radius 2 is 1.88 bits per heavy atom. The van der Waals surface area contributed by atoms with Crippen LogP contribution < -0.4 is 10.6 Å². The van der Waals surface area contributed by atoms with Crippen molar-refractivity contribution in [3.05, 3.63) is 35.9 Å². The highest BCUT2D eigenvalue weighted by Gasteiger charge is 2.36. The Balaban J connectivity index is 0.00000338. The fraction of sp³-hybridized carbons (Fsp3) is 0.667. The van der Waals surface area contributed by atoms with Crippen LogP contribution in [0.1, 0.15) is 51.0 Å². The van der Waals surface area contributed by atoms with Crippen LogP contribution in [0, 0.1) is 11.3 Å². The van der Waals surface area contributed by atoms with Gasteiger partial charge < -0.3 is 15.4 Å². The second-order valence-corrected chi connectivity index (χ2v) is 7.66. The van der Waals surface area contributed by atoms with Crippen molar-refractivity contribution in [3.8, 4) is 0 Å². The summed E-state index contributed by atoms with van der Waals surface area (Å²) >= 11 is 0. The van der Waals surface area contributed by atoms with E-state index in [4.69, 9.17) is 4.74 Å². The van der Waals surface area contributed by atoms with Crippen molar-refractivity contribution in [1.82, 2.24) is 10.6 Å². The zero-order chi connectivity index (χ0) is 18.1. The first-order valence-electron chi connectivity index (χ1n) is 9.58. The van der Waals surface area contributed by atoms with Crippen molar-refractivity contribution in [1.29, 1.82) is 0 Å². The van der Waals surface area contributed by atoms with E-state index in [-0.39, 0.29) is 24.0 Å². The summed E-state index contributed by atoms with van der Waals surface area (Å²) in [5.74, 6) is 1.96. The van der Waals surface area contributed by atoms with Crippen LogP contribution in [-0.4, -0.2) is 39.8 Å². The molecule has 1 aliphatic carbocycles. The Morgan fingerprint density at radius 3 is 2.38 bits per heavy atom. The van der Waals surface area contributed by atoms with E-state index in [2.05, 4.69) is 59.8 Å². The lowest BCUT2D eigenvalue weighted by molar-refractivity contribution is 0.0732. The number of hydrogen-bond acceptors (Lipinski definition) is 2. The SMILES string of the molecule is CN=C(NCC(c1ccccc1)C(C)C)NCC1(CCOC)CCC1.I. The normalized spacial score (nSPS) is 17.2. The summed E-state index contributed by atoms with van der Waals surface area (Å²) in [6.45, 7) is 7.28. The van der Waals surface area contributed by atoms with Gasteiger partial charge in [0.1, 0.15) is 0 Å². The second kappa shape index (κ2) is 11.8. The third kappa shape index (κ3) is 6.72. The lowest BCUT2D eigenvalue weighted by atomic mass is 9.67. The molecule has 0 aliphatic heterocycles. The third-order valence-corrected chi connectivity index (χ3v) is 5.63. The predicted octanol–water partition coefficient (Wildman–Crippen LogP) is 4.42. The van der Waals surface area contributed by atoms with E-state index in [0.29, 0.717) is 17.3 Å². The molecule has 5 heteroatoms. The molecular formula is C21H36IN3O. The molecule has 0 bridgehead atoms. The minimum Gasteiger partial charge on any atom is -0.385 e. The minimum absolute atomic E-state index is 0. The van der Waals surface area contributed by atoms with Crippen molar-refractivity contribution in [2.45, 2.75) is 45.4 Å². The minimum atomic E-state index is 0. The van der Waals surface area contributed by atoms with Crippen LogP contribution in [0.4, 0.5) is 0 Å².